The number of carbonyl (C=O) groups excluding carboxylic acids is 2. The van der Waals surface area contributed by atoms with Crippen LogP contribution in [0.25, 0.3) is 0 Å². The zero-order valence-electron chi connectivity index (χ0n) is 13.6. The van der Waals surface area contributed by atoms with Crippen LogP contribution in [0.15, 0.2) is 18.2 Å². The van der Waals surface area contributed by atoms with Gasteiger partial charge in [0.25, 0.3) is 0 Å². The lowest BCUT2D eigenvalue weighted by atomic mass is 9.97. The molecule has 0 unspecified atom stereocenters. The number of hydrogen-bond acceptors (Lipinski definition) is 4. The molecule has 2 fully saturated rings. The predicted molar refractivity (Wildman–Crippen MR) is 87.7 cm³/mol. The van der Waals surface area contributed by atoms with Crippen molar-refractivity contribution in [1.82, 2.24) is 14.8 Å². The fourth-order valence-corrected chi connectivity index (χ4v) is 3.33. The highest BCUT2D eigenvalue weighted by molar-refractivity contribution is 5.91. The van der Waals surface area contributed by atoms with Gasteiger partial charge in [-0.3, -0.25) is 14.5 Å². The van der Waals surface area contributed by atoms with E-state index in [2.05, 4.69) is 15.2 Å². The molecule has 0 radical (unpaired) electrons. The number of nitrogens with one attached hydrogen (secondary N) is 1. The number of nitrogens with zero attached hydrogens (tertiary/aromatic N) is 3. The maximum Gasteiger partial charge on any atom is 0.229 e. The fourth-order valence-electron chi connectivity index (χ4n) is 3.33. The molecular weight excluding hydrogens is 292 g/mol. The number of rotatable bonds is 4. The van der Waals surface area contributed by atoms with Gasteiger partial charge in [0.2, 0.25) is 11.8 Å². The summed E-state index contributed by atoms with van der Waals surface area (Å²) in [6.07, 6.45) is 3.50. The van der Waals surface area contributed by atoms with Gasteiger partial charge in [0.15, 0.2) is 0 Å². The minimum Gasteiger partial charge on any atom is -0.330 e. The first-order valence-corrected chi connectivity index (χ1v) is 8.36. The first-order chi connectivity index (χ1) is 11.1. The Morgan fingerprint density at radius 3 is 2.96 bits per heavy atom. The Labute approximate surface area is 136 Å². The van der Waals surface area contributed by atoms with Crippen LogP contribution in [0.4, 0.5) is 5.82 Å². The Kier molecular flexibility index (Phi) is 4.91. The Hall–Kier alpha value is -1.95. The van der Waals surface area contributed by atoms with Gasteiger partial charge in [-0.1, -0.05) is 6.07 Å². The van der Waals surface area contributed by atoms with Crippen molar-refractivity contribution in [2.24, 2.45) is 5.92 Å². The van der Waals surface area contributed by atoms with Crippen molar-refractivity contribution in [3.8, 4) is 0 Å². The van der Waals surface area contributed by atoms with Crippen LogP contribution in [0.5, 0.6) is 0 Å². The van der Waals surface area contributed by atoms with Crippen LogP contribution in [-0.2, 0) is 9.59 Å². The summed E-state index contributed by atoms with van der Waals surface area (Å²) in [6.45, 7) is 5.08. The lowest BCUT2D eigenvalue weighted by Crippen LogP contribution is -2.46. The fraction of sp³-hybridized carbons (Fsp3) is 0.588. The number of aromatic nitrogens is 1. The number of hydrogen-bond donors (Lipinski definition) is 1. The van der Waals surface area contributed by atoms with Crippen molar-refractivity contribution in [3.05, 3.63) is 23.9 Å². The molecule has 6 nitrogen and oxygen atoms in total. The van der Waals surface area contributed by atoms with Gasteiger partial charge in [-0.2, -0.15) is 0 Å². The molecule has 1 aromatic rings. The minimum absolute atomic E-state index is 0.0283. The molecule has 2 aliphatic heterocycles. The lowest BCUT2D eigenvalue weighted by molar-refractivity contribution is -0.130. The second kappa shape index (κ2) is 7.08. The van der Waals surface area contributed by atoms with E-state index in [-0.39, 0.29) is 17.7 Å². The second-order valence-corrected chi connectivity index (χ2v) is 6.47. The average Bonchev–Trinajstić information content (AvgIpc) is 2.93. The van der Waals surface area contributed by atoms with Gasteiger partial charge < -0.3 is 10.2 Å². The molecule has 2 saturated heterocycles. The highest BCUT2D eigenvalue weighted by Gasteiger charge is 2.29. The molecule has 1 N–H and O–H groups in total. The number of carbonyl (C=O) groups is 2. The first kappa shape index (κ1) is 15.9. The van der Waals surface area contributed by atoms with Gasteiger partial charge in [-0.15, -0.1) is 0 Å². The highest BCUT2D eigenvalue weighted by atomic mass is 16.2. The largest absolute Gasteiger partial charge is 0.330 e. The molecule has 0 aliphatic carbocycles. The van der Waals surface area contributed by atoms with Crippen LogP contribution >= 0.6 is 0 Å². The Balaban J connectivity index is 1.55. The standard InChI is InChI=1S/C17H24N4O2/c1-13-5-2-7-15(18-13)19-17(23)14-6-3-9-20(11-14)12-21-10-4-8-16(21)22/h2,5,7,14H,3-4,6,8-12H2,1H3,(H,18,19,23)/t14-/m1/s1. The van der Waals surface area contributed by atoms with Crippen molar-refractivity contribution in [2.45, 2.75) is 32.6 Å². The monoisotopic (exact) mass is 316 g/mol. The smallest absolute Gasteiger partial charge is 0.229 e. The normalized spacial score (nSPS) is 22.4. The van der Waals surface area contributed by atoms with Crippen molar-refractivity contribution >= 4 is 17.6 Å². The molecule has 3 heterocycles. The third kappa shape index (κ3) is 4.07. The van der Waals surface area contributed by atoms with Crippen LogP contribution in [0.3, 0.4) is 0 Å². The van der Waals surface area contributed by atoms with Crippen LogP contribution in [0.2, 0.25) is 0 Å². The number of likely N-dealkylation sites (tertiary alicyclic amines) is 2. The molecule has 124 valence electrons. The molecule has 1 atom stereocenters. The van der Waals surface area contributed by atoms with E-state index in [1.54, 1.807) is 0 Å². The minimum atomic E-state index is -0.0382. The van der Waals surface area contributed by atoms with Crippen LogP contribution in [0, 0.1) is 12.8 Å². The summed E-state index contributed by atoms with van der Waals surface area (Å²) in [5.74, 6) is 0.840. The number of piperidine rings is 1. The molecule has 0 saturated carbocycles. The maximum absolute atomic E-state index is 12.5. The van der Waals surface area contributed by atoms with Crippen molar-refractivity contribution in [1.29, 1.82) is 0 Å². The molecule has 6 heteroatoms. The van der Waals surface area contributed by atoms with E-state index in [0.717, 1.165) is 38.0 Å². The van der Waals surface area contributed by atoms with E-state index in [1.165, 1.54) is 0 Å². The maximum atomic E-state index is 12.5. The Morgan fingerprint density at radius 2 is 2.22 bits per heavy atom. The van der Waals surface area contributed by atoms with Gasteiger partial charge in [-0.05, 0) is 44.9 Å². The summed E-state index contributed by atoms with van der Waals surface area (Å²) >= 11 is 0. The molecule has 2 aliphatic rings. The first-order valence-electron chi connectivity index (χ1n) is 8.36. The van der Waals surface area contributed by atoms with E-state index >= 15 is 0 Å². The molecule has 1 aromatic heterocycles. The molecule has 0 spiro atoms. The van der Waals surface area contributed by atoms with Crippen LogP contribution < -0.4 is 5.32 Å². The SMILES string of the molecule is Cc1cccc(NC(=O)[C@@H]2CCCN(CN3CCCC3=O)C2)n1. The van der Waals surface area contributed by atoms with Gasteiger partial charge in [0, 0.05) is 25.2 Å². The Bertz CT molecular complexity index is 590. The van der Waals surface area contributed by atoms with Crippen molar-refractivity contribution in [3.63, 3.8) is 0 Å². The van der Waals surface area contributed by atoms with Crippen molar-refractivity contribution < 1.29 is 9.59 Å². The van der Waals surface area contributed by atoms with E-state index in [0.29, 0.717) is 25.5 Å². The Morgan fingerprint density at radius 1 is 1.35 bits per heavy atom. The van der Waals surface area contributed by atoms with Gasteiger partial charge >= 0.3 is 0 Å². The molecule has 2 amide bonds. The molecule has 0 bridgehead atoms. The van der Waals surface area contributed by atoms with E-state index in [4.69, 9.17) is 0 Å². The number of anilines is 1. The second-order valence-electron chi connectivity index (χ2n) is 6.47. The highest BCUT2D eigenvalue weighted by Crippen LogP contribution is 2.20. The van der Waals surface area contributed by atoms with E-state index in [9.17, 15) is 9.59 Å². The summed E-state index contributed by atoms with van der Waals surface area (Å²) in [4.78, 5) is 32.7. The number of amides is 2. The molecule has 3 rings (SSSR count). The zero-order chi connectivity index (χ0) is 16.2. The summed E-state index contributed by atoms with van der Waals surface area (Å²) in [6, 6.07) is 5.61. The van der Waals surface area contributed by atoms with E-state index < -0.39 is 0 Å². The summed E-state index contributed by atoms with van der Waals surface area (Å²) in [5, 5.41) is 2.92. The third-order valence-electron chi connectivity index (χ3n) is 4.56. The van der Waals surface area contributed by atoms with Crippen LogP contribution in [-0.4, -0.2) is 52.9 Å². The average molecular weight is 316 g/mol. The van der Waals surface area contributed by atoms with E-state index in [1.807, 2.05) is 30.0 Å². The van der Waals surface area contributed by atoms with Gasteiger partial charge in [0.05, 0.1) is 12.6 Å². The summed E-state index contributed by atoms with van der Waals surface area (Å²) in [7, 11) is 0. The quantitative estimate of drug-likeness (QED) is 0.917. The lowest BCUT2D eigenvalue weighted by Gasteiger charge is -2.34. The van der Waals surface area contributed by atoms with Gasteiger partial charge in [0.1, 0.15) is 5.82 Å². The van der Waals surface area contributed by atoms with Gasteiger partial charge in [-0.25, -0.2) is 4.98 Å². The topological polar surface area (TPSA) is 65.5 Å². The predicted octanol–water partition coefficient (Wildman–Crippen LogP) is 1.62. The number of pyridine rings is 1. The van der Waals surface area contributed by atoms with Crippen LogP contribution in [0.1, 0.15) is 31.4 Å². The molecule has 0 aromatic carbocycles. The summed E-state index contributed by atoms with van der Waals surface area (Å²) in [5.41, 5.74) is 0.889. The zero-order valence-corrected chi connectivity index (χ0v) is 13.6. The molecule has 23 heavy (non-hydrogen) atoms. The number of aryl methyl sites for hydroxylation is 1. The molecular formula is C17H24N4O2. The summed E-state index contributed by atoms with van der Waals surface area (Å²) < 4.78 is 0. The van der Waals surface area contributed by atoms with Crippen molar-refractivity contribution in [2.75, 3.05) is 31.6 Å². The third-order valence-corrected chi connectivity index (χ3v) is 4.56.